The molecule has 3 amide bonds. The van der Waals surface area contributed by atoms with Crippen molar-refractivity contribution in [1.82, 2.24) is 15.5 Å². The molecule has 12 aromatic rings. The first-order valence-electron chi connectivity index (χ1n) is 53.4. The molecule has 0 saturated carbocycles. The highest BCUT2D eigenvalue weighted by atomic mass is 35.5. The van der Waals surface area contributed by atoms with E-state index in [0.717, 1.165) is 173 Å². The molecule has 0 bridgehead atoms. The first-order valence-corrected chi connectivity index (χ1v) is 56.7. The molecule has 1 unspecified atom stereocenters. The summed E-state index contributed by atoms with van der Waals surface area (Å²) in [5, 5.41) is 13.0. The molecule has 19 nitrogen and oxygen atoms in total. The lowest BCUT2D eigenvalue weighted by Gasteiger charge is -2.23. The van der Waals surface area contributed by atoms with E-state index in [1.807, 2.05) is 160 Å². The van der Waals surface area contributed by atoms with E-state index in [9.17, 15) is 35.6 Å². The van der Waals surface area contributed by atoms with Crippen LogP contribution in [0.3, 0.4) is 0 Å². The van der Waals surface area contributed by atoms with Crippen LogP contribution in [0.2, 0.25) is 5.02 Å². The molecule has 16 rings (SSSR count). The number of carbonyl (C=O) groups is 3. The molecule has 4 N–H and O–H groups in total. The van der Waals surface area contributed by atoms with Crippen LogP contribution in [0.5, 0.6) is 28.7 Å². The van der Waals surface area contributed by atoms with Crippen LogP contribution in [0.1, 0.15) is 306 Å². The molecule has 0 aliphatic carbocycles. The number of methoxy groups -OCH3 is 1. The summed E-state index contributed by atoms with van der Waals surface area (Å²) in [4.78, 5) is 51.1. The standard InChI is InChI=1S/C23H31ClN2O2S.C23H20FNO.C22H27NO4S.C22H19NO.C19H32N2O.C17H28N2O/c1-17(2)10-6-4-5-9-15-25-23-19-11-7-8-12-21(19)26(3)29(27,28)22-16-18(24)13-14-20(22)23;1-14(2)16-8-10-17(11-9-16)22-19-13-18(24)12-15(3)23(19)26-21-7-5-4-6-20(21)25-22;1-16(2)9-5-4-8-14-23-19-10-6-7-11-21(19)28(25,26)20-13-12-17(27-3)15-18(20)22(23)24;1-15(2)16-11-13-17(14-12-16)22-18-7-3-5-9-20(18)24-21-10-6-4-8-19(21)23-22;1-16(2)9-7-5-6-8-10-19(22)20-18-13-11-17(12-14-18)15-21(3)4;1-14(2)8-6-4-5-7-13-19-17(20)15-9-11-16(18-3)12-10-15/h7-8,11-14,16-17,23,25H,4-6,9-10,15H2,1-3H3;4-14H,1-3H3;6-7,10-13,15-16H,4-5,8-9,14H2,1-3H3;3-15H,1-2H3;11-14,16H,5-10,15H2,1-4H3,(H,20,22);9-12,14,18H,4-8,13H2,1-3H3,(H,19,20). The molecule has 0 fully saturated rings. The number of sulfone groups is 1. The highest BCUT2D eigenvalue weighted by Gasteiger charge is 2.38. The fourth-order valence-corrected chi connectivity index (χ4v) is 21.6. The third kappa shape index (κ3) is 34.2. The maximum Gasteiger partial charge on any atom is 0.264 e. The summed E-state index contributed by atoms with van der Waals surface area (Å²) in [7, 11) is 1.62. The Morgan fingerprint density at radius 2 is 0.987 bits per heavy atom. The number of aliphatic imine (C=N–C) groups is 2. The van der Waals surface area contributed by atoms with Crippen molar-refractivity contribution < 1.29 is 49.8 Å². The summed E-state index contributed by atoms with van der Waals surface area (Å²) < 4.78 is 85.9. The van der Waals surface area contributed by atoms with Crippen molar-refractivity contribution in [2.45, 2.75) is 258 Å². The van der Waals surface area contributed by atoms with E-state index in [0.29, 0.717) is 69.9 Å². The molecule has 4 aliphatic heterocycles. The van der Waals surface area contributed by atoms with Gasteiger partial charge in [0.15, 0.2) is 11.5 Å². The number of nitrogens with one attached hydrogen (secondary N) is 4. The summed E-state index contributed by atoms with van der Waals surface area (Å²) in [6.45, 7) is 31.6. The highest BCUT2D eigenvalue weighted by Crippen LogP contribution is 2.46. The van der Waals surface area contributed by atoms with Gasteiger partial charge in [-0.2, -0.15) is 0 Å². The third-order valence-electron chi connectivity index (χ3n) is 26.7. The number of sulfonamides is 1. The zero-order valence-electron chi connectivity index (χ0n) is 90.8. The Morgan fingerprint density at radius 1 is 0.483 bits per heavy atom. The van der Waals surface area contributed by atoms with Crippen molar-refractivity contribution in [3.05, 3.63) is 345 Å². The van der Waals surface area contributed by atoms with Gasteiger partial charge < -0.3 is 45.3 Å². The second-order valence-corrected chi connectivity index (χ2v) is 45.7. The van der Waals surface area contributed by atoms with Crippen molar-refractivity contribution in [1.29, 1.82) is 0 Å². The molecule has 4 aliphatic rings. The summed E-state index contributed by atoms with van der Waals surface area (Å²) in [6.07, 6.45) is 22.9. The SMILES string of the molecule is CC(C)CCCCCCC(=O)Nc1ccc(CN(C)C)cc1.CC(C)CCCCCCNC1c2ccccc2N(C)S(=O)(=O)c2cc(Cl)ccc21.CC(C)c1ccc(C2=Nc3ccccc3Oc3ccccc32)cc1.CNc1ccc(C(=O)NCCCCCCC(C)C)cc1.COc1ccc2c(c1)C(=O)N(CCCCCC(C)C)c1ccccc1S2(=O)=O.Cc1cc(F)cc2c1Oc1ccccc1N=C2c1ccc(C(C)C)cc1. The molecule has 149 heavy (non-hydrogen) atoms. The van der Waals surface area contributed by atoms with Crippen LogP contribution in [-0.2, 0) is 31.2 Å². The van der Waals surface area contributed by atoms with Gasteiger partial charge in [0, 0.05) is 84.4 Å². The molecule has 0 aromatic heterocycles. The van der Waals surface area contributed by atoms with Gasteiger partial charge in [0.05, 0.1) is 56.2 Å². The number of hydrogen-bond acceptors (Lipinski definition) is 15. The molecular formula is C126H157ClFN9O10S2. The van der Waals surface area contributed by atoms with Gasteiger partial charge in [-0.15, -0.1) is 0 Å². The number of benzene rings is 12. The molecule has 23 heteroatoms. The Morgan fingerprint density at radius 3 is 1.55 bits per heavy atom. The number of nitrogens with zero attached hydrogens (tertiary/aromatic N) is 5. The van der Waals surface area contributed by atoms with Gasteiger partial charge in [-0.25, -0.2) is 31.2 Å². The Labute approximate surface area is 893 Å². The average molecular weight is 2080 g/mol. The number of halogens is 2. The van der Waals surface area contributed by atoms with E-state index in [1.54, 1.807) is 54.4 Å². The number of carbonyl (C=O) groups excluding carboxylic acids is 3. The van der Waals surface area contributed by atoms with Crippen molar-refractivity contribution in [3.63, 3.8) is 0 Å². The number of ether oxygens (including phenoxy) is 3. The lowest BCUT2D eigenvalue weighted by Crippen LogP contribution is -2.31. The van der Waals surface area contributed by atoms with Crippen LogP contribution in [0.25, 0.3) is 0 Å². The first-order chi connectivity index (χ1) is 71.5. The Hall–Kier alpha value is -12.6. The predicted molar refractivity (Wildman–Crippen MR) is 615 cm³/mol. The van der Waals surface area contributed by atoms with Gasteiger partial charge in [0.25, 0.3) is 21.8 Å². The zero-order chi connectivity index (χ0) is 107. The molecule has 12 aromatic carbocycles. The van der Waals surface area contributed by atoms with Gasteiger partial charge in [-0.1, -0.05) is 324 Å². The van der Waals surface area contributed by atoms with Crippen LogP contribution < -0.4 is 44.7 Å². The van der Waals surface area contributed by atoms with Crippen LogP contribution in [0, 0.1) is 36.4 Å². The minimum absolute atomic E-state index is 0.0230. The summed E-state index contributed by atoms with van der Waals surface area (Å²) in [5.74, 6) is 6.98. The van der Waals surface area contributed by atoms with Crippen LogP contribution in [0.4, 0.5) is 38.5 Å². The van der Waals surface area contributed by atoms with Crippen LogP contribution in [0.15, 0.2) is 292 Å². The predicted octanol–water partition coefficient (Wildman–Crippen LogP) is 31.8. The van der Waals surface area contributed by atoms with Crippen molar-refractivity contribution in [2.24, 2.45) is 33.7 Å². The molecule has 0 spiro atoms. The lowest BCUT2D eigenvalue weighted by atomic mass is 9.96. The zero-order valence-corrected chi connectivity index (χ0v) is 93.2. The molecule has 4 heterocycles. The summed E-state index contributed by atoms with van der Waals surface area (Å²) in [5.41, 5.74) is 17.3. The fraction of sp³-hybridized carbons (Fsp3) is 0.389. The largest absolute Gasteiger partial charge is 0.497 e. The first kappa shape index (κ1) is 117. The second kappa shape index (κ2) is 58.0. The third-order valence-corrected chi connectivity index (χ3v) is 30.6. The number of hydrogen-bond donors (Lipinski definition) is 4. The fourth-order valence-electron chi connectivity index (χ4n) is 18.2. The van der Waals surface area contributed by atoms with Gasteiger partial charge in [-0.3, -0.25) is 18.7 Å². The number of rotatable bonds is 38. The van der Waals surface area contributed by atoms with E-state index < -0.39 is 19.9 Å². The van der Waals surface area contributed by atoms with Crippen LogP contribution in [-0.4, -0.2) is 106 Å². The van der Waals surface area contributed by atoms with E-state index in [-0.39, 0.29) is 49.8 Å². The topological polar surface area (TPSA) is 230 Å². The number of anilines is 4. The number of fused-ring (bicyclic) bond motifs is 8. The molecule has 0 saturated heterocycles. The number of para-hydroxylation sites is 7. The van der Waals surface area contributed by atoms with Gasteiger partial charge in [0.2, 0.25) is 15.7 Å². The maximum absolute atomic E-state index is 14.2. The average Bonchev–Trinajstić information content (AvgIpc) is 1.60. The van der Waals surface area contributed by atoms with Crippen LogP contribution >= 0.6 is 11.6 Å². The van der Waals surface area contributed by atoms with E-state index >= 15 is 0 Å². The van der Waals surface area contributed by atoms with E-state index in [1.165, 1.54) is 123 Å². The number of amides is 3. The van der Waals surface area contributed by atoms with Crippen molar-refractivity contribution in [3.8, 4) is 28.7 Å². The monoisotopic (exact) mass is 2070 g/mol. The normalized spacial score (nSPS) is 13.6. The Kier molecular flexibility index (Phi) is 45.4. The van der Waals surface area contributed by atoms with Crippen molar-refractivity contribution >= 4 is 94.7 Å². The number of unbranched alkanes of at least 4 members (excludes halogenated alkanes) is 11. The van der Waals surface area contributed by atoms with Gasteiger partial charge in [-0.05, 0) is 256 Å². The minimum Gasteiger partial charge on any atom is -0.497 e. The smallest absolute Gasteiger partial charge is 0.264 e. The molecule has 792 valence electrons. The summed E-state index contributed by atoms with van der Waals surface area (Å²) in [6, 6.07) is 83.2. The Bertz CT molecular complexity index is 6650. The van der Waals surface area contributed by atoms with E-state index in [4.69, 9.17) is 35.8 Å². The highest BCUT2D eigenvalue weighted by molar-refractivity contribution is 7.93. The Balaban J connectivity index is 0.000000170. The lowest BCUT2D eigenvalue weighted by molar-refractivity contribution is -0.116. The molecular weight excluding hydrogens is 1920 g/mol. The maximum atomic E-state index is 14.2. The van der Waals surface area contributed by atoms with Gasteiger partial charge >= 0.3 is 0 Å². The quantitative estimate of drug-likeness (QED) is 0.0264. The molecule has 0 radical (unpaired) electrons. The van der Waals surface area contributed by atoms with Gasteiger partial charge in [0.1, 0.15) is 34.4 Å². The number of aryl methyl sites for hydroxylation is 1. The summed E-state index contributed by atoms with van der Waals surface area (Å²) >= 11 is 6.16. The van der Waals surface area contributed by atoms with E-state index in [2.05, 4.69) is 178 Å². The minimum atomic E-state index is -3.79. The molecule has 1 atom stereocenters. The second-order valence-electron chi connectivity index (χ2n) is 41.4. The van der Waals surface area contributed by atoms with Crippen molar-refractivity contribution in [2.75, 3.05) is 74.8 Å².